The predicted molar refractivity (Wildman–Crippen MR) is 182 cm³/mol. The second-order valence-electron chi connectivity index (χ2n) is 11.3. The number of hydrogen-bond acceptors (Lipinski definition) is 3. The molecule has 10 aromatic rings. The van der Waals surface area contributed by atoms with E-state index in [0.29, 0.717) is 0 Å². The van der Waals surface area contributed by atoms with Crippen molar-refractivity contribution in [1.29, 1.82) is 0 Å². The Morgan fingerprint density at radius 3 is 1.74 bits per heavy atom. The molecule has 0 aliphatic carbocycles. The normalized spacial score (nSPS) is 12.2. The van der Waals surface area contributed by atoms with Gasteiger partial charge in [0.05, 0.1) is 6.26 Å². The van der Waals surface area contributed by atoms with E-state index < -0.39 is 0 Å². The van der Waals surface area contributed by atoms with Crippen LogP contribution >= 0.6 is 11.3 Å². The van der Waals surface area contributed by atoms with Gasteiger partial charge in [0.25, 0.3) is 0 Å². The second kappa shape index (κ2) is 8.57. The van der Waals surface area contributed by atoms with Crippen LogP contribution in [0.5, 0.6) is 0 Å². The number of hydrogen-bond donors (Lipinski definition) is 0. The van der Waals surface area contributed by atoms with Gasteiger partial charge in [0.15, 0.2) is 0 Å². The Balaban J connectivity index is 1.27. The maximum absolute atomic E-state index is 6.29. The number of rotatable bonds is 2. The highest BCUT2D eigenvalue weighted by Crippen LogP contribution is 2.46. The first-order chi connectivity index (χ1) is 21.3. The molecule has 0 N–H and O–H groups in total. The van der Waals surface area contributed by atoms with Crippen molar-refractivity contribution in [3.63, 3.8) is 0 Å². The van der Waals surface area contributed by atoms with E-state index in [1.807, 2.05) is 17.4 Å². The molecule has 2 nitrogen and oxygen atoms in total. The lowest BCUT2D eigenvalue weighted by Gasteiger charge is -2.18. The highest BCUT2D eigenvalue weighted by molar-refractivity contribution is 7.25. The summed E-state index contributed by atoms with van der Waals surface area (Å²) in [4.78, 5) is 0. The van der Waals surface area contributed by atoms with Crippen molar-refractivity contribution in [2.24, 2.45) is 0 Å². The van der Waals surface area contributed by atoms with E-state index in [-0.39, 0.29) is 0 Å². The van der Waals surface area contributed by atoms with Crippen LogP contribution in [0.2, 0.25) is 0 Å². The molecular formula is C40H22O2S. The van der Waals surface area contributed by atoms with Crippen molar-refractivity contribution >= 4 is 86.0 Å². The largest absolute Gasteiger partial charge is 0.464 e. The van der Waals surface area contributed by atoms with Gasteiger partial charge in [-0.15, -0.1) is 11.3 Å². The van der Waals surface area contributed by atoms with E-state index in [9.17, 15) is 0 Å². The molecule has 3 heteroatoms. The van der Waals surface area contributed by atoms with Gasteiger partial charge in [-0.3, -0.25) is 0 Å². The first kappa shape index (κ1) is 23.2. The summed E-state index contributed by atoms with van der Waals surface area (Å²) in [7, 11) is 0. The average Bonchev–Trinajstić information content (AvgIpc) is 3.76. The van der Waals surface area contributed by atoms with Crippen molar-refractivity contribution in [3.05, 3.63) is 134 Å². The third-order valence-electron chi connectivity index (χ3n) is 8.93. The molecule has 43 heavy (non-hydrogen) atoms. The molecular weight excluding hydrogens is 545 g/mol. The SMILES string of the molecule is c1ccc2c(c1)sc1cc(-c3c4ccccc4c(-c4ccc5oc6cc7ccoc7cc6c5c4)c4ccccc34)ccc12. The van der Waals surface area contributed by atoms with Crippen LogP contribution in [0.4, 0.5) is 0 Å². The summed E-state index contributed by atoms with van der Waals surface area (Å²) in [5, 5.41) is 10.9. The van der Waals surface area contributed by atoms with Crippen LogP contribution in [-0.4, -0.2) is 0 Å². The lowest BCUT2D eigenvalue weighted by molar-refractivity contribution is 0.616. The first-order valence-corrected chi connectivity index (χ1v) is 15.3. The summed E-state index contributed by atoms with van der Waals surface area (Å²) >= 11 is 1.87. The standard InChI is InChI=1S/C40H22O2S/c1-3-10-30-28(8-1)39(24-14-16-34-32(19-24)33-22-35-23(17-18-41-35)20-36(33)42-34)29-9-2-4-11-31(29)40(30)25-13-15-27-26-7-5-6-12-37(26)43-38(27)21-25/h1-22H. The number of fused-ring (bicyclic) bond motifs is 9. The predicted octanol–water partition coefficient (Wildman–Crippen LogP) is 12.3. The Morgan fingerprint density at radius 1 is 0.395 bits per heavy atom. The molecule has 200 valence electrons. The fourth-order valence-electron chi connectivity index (χ4n) is 7.02. The van der Waals surface area contributed by atoms with Gasteiger partial charge in [-0.25, -0.2) is 0 Å². The molecule has 3 heterocycles. The van der Waals surface area contributed by atoms with Crippen LogP contribution in [0.1, 0.15) is 0 Å². The monoisotopic (exact) mass is 566 g/mol. The van der Waals surface area contributed by atoms with E-state index in [4.69, 9.17) is 8.83 Å². The minimum Gasteiger partial charge on any atom is -0.464 e. The number of furan rings is 2. The average molecular weight is 567 g/mol. The van der Waals surface area contributed by atoms with Crippen LogP contribution in [-0.2, 0) is 0 Å². The zero-order valence-electron chi connectivity index (χ0n) is 22.9. The van der Waals surface area contributed by atoms with Gasteiger partial charge in [0, 0.05) is 36.3 Å². The zero-order valence-corrected chi connectivity index (χ0v) is 23.7. The molecule has 0 aliphatic heterocycles. The van der Waals surface area contributed by atoms with E-state index >= 15 is 0 Å². The molecule has 0 radical (unpaired) electrons. The maximum atomic E-state index is 6.29. The maximum Gasteiger partial charge on any atom is 0.136 e. The van der Waals surface area contributed by atoms with Crippen molar-refractivity contribution in [2.45, 2.75) is 0 Å². The second-order valence-corrected chi connectivity index (χ2v) is 12.4. The van der Waals surface area contributed by atoms with Gasteiger partial charge >= 0.3 is 0 Å². The summed E-state index contributed by atoms with van der Waals surface area (Å²) in [6.07, 6.45) is 1.73. The quantitative estimate of drug-likeness (QED) is 0.195. The van der Waals surface area contributed by atoms with E-state index in [2.05, 4.69) is 121 Å². The Labute approximate surface area is 250 Å². The fraction of sp³-hybridized carbons (Fsp3) is 0. The summed E-state index contributed by atoms with van der Waals surface area (Å²) in [5.41, 5.74) is 7.58. The number of thiophene rings is 1. The molecule has 0 atom stereocenters. The van der Waals surface area contributed by atoms with Crippen LogP contribution < -0.4 is 0 Å². The molecule has 7 aromatic carbocycles. The molecule has 10 rings (SSSR count). The molecule has 0 unspecified atom stereocenters. The van der Waals surface area contributed by atoms with Gasteiger partial charge in [-0.05, 0) is 86.3 Å². The minimum atomic E-state index is 0.872. The van der Waals surface area contributed by atoms with E-state index in [0.717, 1.165) is 32.9 Å². The molecule has 3 aromatic heterocycles. The zero-order chi connectivity index (χ0) is 28.1. The smallest absolute Gasteiger partial charge is 0.136 e. The van der Waals surface area contributed by atoms with Gasteiger partial charge in [0.1, 0.15) is 16.7 Å². The Morgan fingerprint density at radius 2 is 1.00 bits per heavy atom. The Hall–Kier alpha value is -5.38. The highest BCUT2D eigenvalue weighted by Gasteiger charge is 2.19. The molecule has 0 spiro atoms. The Bertz CT molecular complexity index is 2680. The first-order valence-electron chi connectivity index (χ1n) is 14.5. The van der Waals surface area contributed by atoms with Crippen molar-refractivity contribution in [3.8, 4) is 22.3 Å². The molecule has 0 aliphatic rings. The molecule has 0 amide bonds. The molecule has 0 saturated heterocycles. The lowest BCUT2D eigenvalue weighted by Crippen LogP contribution is -1.90. The van der Waals surface area contributed by atoms with Crippen molar-refractivity contribution in [2.75, 3.05) is 0 Å². The van der Waals surface area contributed by atoms with Crippen molar-refractivity contribution < 1.29 is 8.83 Å². The van der Waals surface area contributed by atoms with Gasteiger partial charge in [-0.1, -0.05) is 84.9 Å². The molecule has 0 fully saturated rings. The summed E-state index contributed by atoms with van der Waals surface area (Å²) in [6.45, 7) is 0. The van der Waals surface area contributed by atoms with E-state index in [1.165, 1.54) is 64.0 Å². The Kier molecular flexibility index (Phi) is 4.63. The van der Waals surface area contributed by atoms with Gasteiger partial charge in [-0.2, -0.15) is 0 Å². The summed E-state index contributed by atoms with van der Waals surface area (Å²) < 4.78 is 14.7. The third-order valence-corrected chi connectivity index (χ3v) is 10.1. The lowest BCUT2D eigenvalue weighted by atomic mass is 9.85. The summed E-state index contributed by atoms with van der Waals surface area (Å²) in [6, 6.07) is 46.1. The van der Waals surface area contributed by atoms with Crippen LogP contribution in [0, 0.1) is 0 Å². The van der Waals surface area contributed by atoms with Crippen LogP contribution in [0.15, 0.2) is 142 Å². The third kappa shape index (κ3) is 3.28. The fourth-order valence-corrected chi connectivity index (χ4v) is 8.16. The van der Waals surface area contributed by atoms with Crippen LogP contribution in [0.3, 0.4) is 0 Å². The van der Waals surface area contributed by atoms with E-state index in [1.54, 1.807) is 6.26 Å². The molecule has 0 saturated carbocycles. The van der Waals surface area contributed by atoms with Crippen molar-refractivity contribution in [1.82, 2.24) is 0 Å². The van der Waals surface area contributed by atoms with Crippen LogP contribution in [0.25, 0.3) is 96.9 Å². The number of benzene rings is 7. The van der Waals surface area contributed by atoms with Gasteiger partial charge in [0.2, 0.25) is 0 Å². The minimum absolute atomic E-state index is 0.872. The highest BCUT2D eigenvalue weighted by atomic mass is 32.1. The molecule has 0 bridgehead atoms. The van der Waals surface area contributed by atoms with Gasteiger partial charge < -0.3 is 8.83 Å². The summed E-state index contributed by atoms with van der Waals surface area (Å²) in [5.74, 6) is 0. The topological polar surface area (TPSA) is 26.3 Å².